The number of carbonyl (C=O) groups excluding carboxylic acids is 1. The third-order valence-corrected chi connectivity index (χ3v) is 5.95. The van der Waals surface area contributed by atoms with Crippen LogP contribution < -0.4 is 5.56 Å². The molecule has 6 heteroatoms. The van der Waals surface area contributed by atoms with E-state index in [1.807, 2.05) is 13.8 Å². The molecule has 3 rings (SSSR count). The van der Waals surface area contributed by atoms with Gasteiger partial charge in [-0.05, 0) is 44.6 Å². The van der Waals surface area contributed by atoms with Crippen molar-refractivity contribution in [3.05, 3.63) is 39.3 Å². The van der Waals surface area contributed by atoms with Gasteiger partial charge in [-0.15, -0.1) is 11.3 Å². The second-order valence-corrected chi connectivity index (χ2v) is 8.16. The van der Waals surface area contributed by atoms with E-state index in [4.69, 9.17) is 0 Å². The minimum Gasteiger partial charge on any atom is -0.337 e. The highest BCUT2D eigenvalue weighted by atomic mass is 32.1. The quantitative estimate of drug-likeness (QED) is 0.771. The van der Waals surface area contributed by atoms with Gasteiger partial charge in [-0.2, -0.15) is 0 Å². The third kappa shape index (κ3) is 3.54. The van der Waals surface area contributed by atoms with Gasteiger partial charge in [0.05, 0.1) is 11.7 Å². The van der Waals surface area contributed by atoms with Gasteiger partial charge in [0.25, 0.3) is 5.56 Å². The van der Waals surface area contributed by atoms with Crippen LogP contribution >= 0.6 is 11.3 Å². The van der Waals surface area contributed by atoms with E-state index < -0.39 is 0 Å². The lowest BCUT2D eigenvalue weighted by atomic mass is 9.89. The molecule has 25 heavy (non-hydrogen) atoms. The van der Waals surface area contributed by atoms with Crippen molar-refractivity contribution in [2.24, 2.45) is 5.92 Å². The van der Waals surface area contributed by atoms with Crippen molar-refractivity contribution in [3.63, 3.8) is 0 Å². The van der Waals surface area contributed by atoms with E-state index in [2.05, 4.69) is 18.5 Å². The van der Waals surface area contributed by atoms with Gasteiger partial charge in [-0.1, -0.05) is 19.1 Å². The smallest absolute Gasteiger partial charge is 0.262 e. The van der Waals surface area contributed by atoms with Crippen LogP contribution in [-0.2, 0) is 24.2 Å². The zero-order chi connectivity index (χ0) is 18.1. The fraction of sp³-hybridized carbons (Fsp3) is 0.526. The van der Waals surface area contributed by atoms with Gasteiger partial charge in [0, 0.05) is 18.0 Å². The SMILES string of the molecule is C=C(C)CN(CC)C(=O)Cn1cnc2sc3c(c2c1=O)CCC(C)C3. The standard InChI is InChI=1S/C19H25N3O2S/c1-5-21(9-12(2)3)16(23)10-22-11-20-18-17(19(22)24)14-7-6-13(4)8-15(14)25-18/h11,13H,2,5-10H2,1,3-4H3. The van der Waals surface area contributed by atoms with Crippen LogP contribution in [-0.4, -0.2) is 33.4 Å². The number of amides is 1. The number of hydrogen-bond acceptors (Lipinski definition) is 4. The molecular formula is C19H25N3O2S. The van der Waals surface area contributed by atoms with E-state index in [0.717, 1.165) is 40.6 Å². The van der Waals surface area contributed by atoms with E-state index in [9.17, 15) is 9.59 Å². The van der Waals surface area contributed by atoms with Gasteiger partial charge in [-0.3, -0.25) is 14.2 Å². The summed E-state index contributed by atoms with van der Waals surface area (Å²) in [5.74, 6) is 0.580. The van der Waals surface area contributed by atoms with Crippen LogP contribution in [0.2, 0.25) is 0 Å². The van der Waals surface area contributed by atoms with E-state index >= 15 is 0 Å². The molecule has 0 bridgehead atoms. The Balaban J connectivity index is 1.93. The molecule has 2 aromatic rings. The van der Waals surface area contributed by atoms with Gasteiger partial charge >= 0.3 is 0 Å². The molecule has 0 spiro atoms. The molecule has 1 unspecified atom stereocenters. The number of fused-ring (bicyclic) bond motifs is 3. The molecule has 0 aromatic carbocycles. The second-order valence-electron chi connectivity index (χ2n) is 7.07. The fourth-order valence-electron chi connectivity index (χ4n) is 3.43. The lowest BCUT2D eigenvalue weighted by Crippen LogP contribution is -2.37. The normalized spacial score (nSPS) is 16.7. The van der Waals surface area contributed by atoms with E-state index in [-0.39, 0.29) is 18.0 Å². The minimum atomic E-state index is -0.0863. The Morgan fingerprint density at radius 3 is 2.96 bits per heavy atom. The first kappa shape index (κ1) is 17.9. The van der Waals surface area contributed by atoms with Crippen LogP contribution in [0.3, 0.4) is 0 Å². The van der Waals surface area contributed by atoms with Gasteiger partial charge < -0.3 is 4.90 Å². The Bertz CT molecular complexity index is 881. The molecule has 2 aromatic heterocycles. The highest BCUT2D eigenvalue weighted by molar-refractivity contribution is 7.18. The molecule has 0 saturated heterocycles. The van der Waals surface area contributed by atoms with Crippen LogP contribution in [0.25, 0.3) is 10.2 Å². The van der Waals surface area contributed by atoms with Crippen molar-refractivity contribution in [1.82, 2.24) is 14.5 Å². The molecule has 0 radical (unpaired) electrons. The van der Waals surface area contributed by atoms with Gasteiger partial charge in [0.1, 0.15) is 11.4 Å². The molecule has 0 aliphatic heterocycles. The Morgan fingerprint density at radius 1 is 1.52 bits per heavy atom. The van der Waals surface area contributed by atoms with Crippen molar-refractivity contribution in [1.29, 1.82) is 0 Å². The van der Waals surface area contributed by atoms with Gasteiger partial charge in [0.15, 0.2) is 0 Å². The summed E-state index contributed by atoms with van der Waals surface area (Å²) in [6, 6.07) is 0. The van der Waals surface area contributed by atoms with Crippen molar-refractivity contribution in [2.45, 2.75) is 46.6 Å². The average molecular weight is 359 g/mol. The molecule has 0 N–H and O–H groups in total. The highest BCUT2D eigenvalue weighted by Crippen LogP contribution is 2.35. The molecule has 0 saturated carbocycles. The van der Waals surface area contributed by atoms with Crippen LogP contribution in [0.5, 0.6) is 0 Å². The minimum absolute atomic E-state index is 0.0317. The summed E-state index contributed by atoms with van der Waals surface area (Å²) in [6.45, 7) is 11.1. The molecule has 1 aliphatic rings. The summed E-state index contributed by atoms with van der Waals surface area (Å²) in [4.78, 5) is 33.8. The monoisotopic (exact) mass is 359 g/mol. The predicted molar refractivity (Wildman–Crippen MR) is 102 cm³/mol. The number of aryl methyl sites for hydroxylation is 1. The molecule has 0 fully saturated rings. The molecule has 1 amide bonds. The molecule has 2 heterocycles. The Labute approximate surface area is 152 Å². The summed E-state index contributed by atoms with van der Waals surface area (Å²) in [6.07, 6.45) is 4.58. The second kappa shape index (κ2) is 7.12. The van der Waals surface area contributed by atoms with Crippen molar-refractivity contribution >= 4 is 27.5 Å². The Kier molecular flexibility index (Phi) is 5.08. The lowest BCUT2D eigenvalue weighted by Gasteiger charge is -2.21. The number of thiophene rings is 1. The molecule has 5 nitrogen and oxygen atoms in total. The molecule has 1 aliphatic carbocycles. The van der Waals surface area contributed by atoms with Crippen LogP contribution in [0.4, 0.5) is 0 Å². The maximum atomic E-state index is 13.0. The Hall–Kier alpha value is -1.95. The number of aromatic nitrogens is 2. The van der Waals surface area contributed by atoms with Gasteiger partial charge in [0.2, 0.25) is 5.91 Å². The largest absolute Gasteiger partial charge is 0.337 e. The number of rotatable bonds is 5. The summed E-state index contributed by atoms with van der Waals surface area (Å²) < 4.78 is 1.46. The highest BCUT2D eigenvalue weighted by Gasteiger charge is 2.23. The predicted octanol–water partition coefficient (Wildman–Crippen LogP) is 3.01. The van der Waals surface area contributed by atoms with Crippen molar-refractivity contribution in [3.8, 4) is 0 Å². The average Bonchev–Trinajstić information content (AvgIpc) is 2.92. The number of nitrogens with zero attached hydrogens (tertiary/aromatic N) is 3. The van der Waals surface area contributed by atoms with Gasteiger partial charge in [-0.25, -0.2) is 4.98 Å². The van der Waals surface area contributed by atoms with Crippen molar-refractivity contribution in [2.75, 3.05) is 13.1 Å². The van der Waals surface area contributed by atoms with Crippen molar-refractivity contribution < 1.29 is 4.79 Å². The number of hydrogen-bond donors (Lipinski definition) is 0. The summed E-state index contributed by atoms with van der Waals surface area (Å²) in [7, 11) is 0. The Morgan fingerprint density at radius 2 is 2.28 bits per heavy atom. The van der Waals surface area contributed by atoms with Crippen LogP contribution in [0.1, 0.15) is 37.6 Å². The number of likely N-dealkylation sites (N-methyl/N-ethyl adjacent to an activating group) is 1. The van der Waals surface area contributed by atoms with E-state index in [1.54, 1.807) is 16.2 Å². The summed E-state index contributed by atoms with van der Waals surface area (Å²) >= 11 is 1.63. The lowest BCUT2D eigenvalue weighted by molar-refractivity contribution is -0.131. The maximum Gasteiger partial charge on any atom is 0.262 e. The molecular weight excluding hydrogens is 334 g/mol. The first-order chi connectivity index (χ1) is 11.9. The van der Waals surface area contributed by atoms with Crippen LogP contribution in [0, 0.1) is 5.92 Å². The van der Waals surface area contributed by atoms with E-state index in [0.29, 0.717) is 19.0 Å². The first-order valence-electron chi connectivity index (χ1n) is 8.82. The molecule has 134 valence electrons. The maximum absolute atomic E-state index is 13.0. The fourth-order valence-corrected chi connectivity index (χ4v) is 4.77. The summed E-state index contributed by atoms with van der Waals surface area (Å²) in [5.41, 5.74) is 2.00. The number of carbonyl (C=O) groups is 1. The first-order valence-corrected chi connectivity index (χ1v) is 9.64. The third-order valence-electron chi connectivity index (χ3n) is 4.78. The topological polar surface area (TPSA) is 55.2 Å². The zero-order valence-electron chi connectivity index (χ0n) is 15.2. The molecule has 1 atom stereocenters. The van der Waals surface area contributed by atoms with E-state index in [1.165, 1.54) is 15.8 Å². The van der Waals surface area contributed by atoms with Crippen LogP contribution in [0.15, 0.2) is 23.3 Å². The zero-order valence-corrected chi connectivity index (χ0v) is 16.0. The summed E-state index contributed by atoms with van der Waals surface area (Å²) in [5, 5.41) is 0.727.